The first-order chi connectivity index (χ1) is 15.7. The number of carbonyl (C=O) groups excluding carboxylic acids is 2. The van der Waals surface area contributed by atoms with Crippen molar-refractivity contribution in [3.8, 4) is 11.1 Å². The minimum absolute atomic E-state index is 0.273. The van der Waals surface area contributed by atoms with Crippen molar-refractivity contribution >= 4 is 29.1 Å². The zero-order valence-corrected chi connectivity index (χ0v) is 18.8. The number of rotatable bonds is 7. The Labute approximate surface area is 192 Å². The third kappa shape index (κ3) is 6.54. The molecule has 7 nitrogen and oxygen atoms in total. The van der Waals surface area contributed by atoms with Gasteiger partial charge in [-0.05, 0) is 80.2 Å². The number of hydrogen-bond donors (Lipinski definition) is 3. The van der Waals surface area contributed by atoms with Crippen molar-refractivity contribution in [3.63, 3.8) is 0 Å². The highest BCUT2D eigenvalue weighted by molar-refractivity contribution is 6.06. The zero-order valence-electron chi connectivity index (χ0n) is 18.8. The molecule has 0 aliphatic heterocycles. The topological polar surface area (TPSA) is 96.7 Å². The SMILES string of the molecule is Cc1ccc(-c2ccc(N)c(NC(=O)c3ccc(NC(=O)OCCN(C)C)cc3)c2)cc1F. The van der Waals surface area contributed by atoms with Crippen LogP contribution in [0.1, 0.15) is 15.9 Å². The highest BCUT2D eigenvalue weighted by Gasteiger charge is 2.11. The molecule has 3 aromatic carbocycles. The number of ether oxygens (including phenoxy) is 1. The number of nitrogens with two attached hydrogens (primary N) is 1. The fourth-order valence-corrected chi connectivity index (χ4v) is 2.99. The lowest BCUT2D eigenvalue weighted by molar-refractivity contribution is 0.102. The zero-order chi connectivity index (χ0) is 24.0. The minimum atomic E-state index is -0.564. The van der Waals surface area contributed by atoms with Crippen molar-refractivity contribution in [3.05, 3.63) is 77.6 Å². The largest absolute Gasteiger partial charge is 0.448 e. The number of nitrogen functional groups attached to an aromatic ring is 1. The van der Waals surface area contributed by atoms with E-state index >= 15 is 0 Å². The average molecular weight is 451 g/mol. The second kappa shape index (κ2) is 10.6. The van der Waals surface area contributed by atoms with Crippen molar-refractivity contribution in [1.29, 1.82) is 0 Å². The van der Waals surface area contributed by atoms with Crippen LogP contribution in [0.4, 0.5) is 26.2 Å². The van der Waals surface area contributed by atoms with Crippen molar-refractivity contribution in [1.82, 2.24) is 4.90 Å². The van der Waals surface area contributed by atoms with Crippen LogP contribution in [0.2, 0.25) is 0 Å². The summed E-state index contributed by atoms with van der Waals surface area (Å²) < 4.78 is 19.0. The van der Waals surface area contributed by atoms with Crippen LogP contribution in [-0.4, -0.2) is 44.1 Å². The second-order valence-electron chi connectivity index (χ2n) is 7.86. The Kier molecular flexibility index (Phi) is 7.63. The molecule has 172 valence electrons. The number of amides is 2. The van der Waals surface area contributed by atoms with Crippen molar-refractivity contribution in [2.45, 2.75) is 6.92 Å². The van der Waals surface area contributed by atoms with Crippen molar-refractivity contribution in [2.24, 2.45) is 0 Å². The van der Waals surface area contributed by atoms with Gasteiger partial charge in [-0.15, -0.1) is 0 Å². The van der Waals surface area contributed by atoms with Crippen LogP contribution < -0.4 is 16.4 Å². The molecule has 0 spiro atoms. The first-order valence-corrected chi connectivity index (χ1v) is 10.4. The summed E-state index contributed by atoms with van der Waals surface area (Å²) in [5.41, 5.74) is 9.69. The van der Waals surface area contributed by atoms with Gasteiger partial charge >= 0.3 is 6.09 Å². The quantitative estimate of drug-likeness (QED) is 0.452. The van der Waals surface area contributed by atoms with E-state index in [1.54, 1.807) is 55.5 Å². The van der Waals surface area contributed by atoms with Gasteiger partial charge in [-0.3, -0.25) is 10.1 Å². The molecule has 0 fully saturated rings. The number of nitrogens with zero attached hydrogens (tertiary/aromatic N) is 1. The summed E-state index contributed by atoms with van der Waals surface area (Å²) in [5.74, 6) is -0.667. The number of aryl methyl sites for hydroxylation is 1. The summed E-state index contributed by atoms with van der Waals surface area (Å²) in [6, 6.07) is 16.5. The number of nitrogens with one attached hydrogen (secondary N) is 2. The molecule has 0 aliphatic rings. The highest BCUT2D eigenvalue weighted by atomic mass is 19.1. The van der Waals surface area contributed by atoms with Crippen LogP contribution in [0, 0.1) is 12.7 Å². The van der Waals surface area contributed by atoms with Gasteiger partial charge in [0.1, 0.15) is 12.4 Å². The highest BCUT2D eigenvalue weighted by Crippen LogP contribution is 2.29. The Morgan fingerprint density at radius 2 is 1.64 bits per heavy atom. The normalized spacial score (nSPS) is 10.7. The maximum atomic E-state index is 14.0. The molecule has 8 heteroatoms. The summed E-state index contributed by atoms with van der Waals surface area (Å²) in [6.07, 6.45) is -0.564. The van der Waals surface area contributed by atoms with Gasteiger partial charge in [-0.25, -0.2) is 9.18 Å². The van der Waals surface area contributed by atoms with Gasteiger partial charge in [-0.1, -0.05) is 18.2 Å². The fourth-order valence-electron chi connectivity index (χ4n) is 2.99. The Balaban J connectivity index is 1.66. The molecule has 0 bridgehead atoms. The summed E-state index contributed by atoms with van der Waals surface area (Å²) in [6.45, 7) is 2.59. The Hall–Kier alpha value is -3.91. The Morgan fingerprint density at radius 1 is 0.970 bits per heavy atom. The average Bonchev–Trinajstić information content (AvgIpc) is 2.77. The number of anilines is 3. The predicted molar refractivity (Wildman–Crippen MR) is 129 cm³/mol. The number of likely N-dealkylation sites (N-methyl/N-ethyl adjacent to an activating group) is 1. The molecule has 0 radical (unpaired) electrons. The smallest absolute Gasteiger partial charge is 0.411 e. The lowest BCUT2D eigenvalue weighted by atomic mass is 10.0. The molecule has 3 rings (SSSR count). The molecule has 2 amide bonds. The lowest BCUT2D eigenvalue weighted by Crippen LogP contribution is -2.22. The van der Waals surface area contributed by atoms with Crippen LogP contribution in [0.3, 0.4) is 0 Å². The first-order valence-electron chi connectivity index (χ1n) is 10.4. The number of hydrogen-bond acceptors (Lipinski definition) is 5. The van der Waals surface area contributed by atoms with E-state index in [1.165, 1.54) is 6.07 Å². The molecule has 0 aromatic heterocycles. The fraction of sp³-hybridized carbons (Fsp3) is 0.200. The molecule has 3 aromatic rings. The van der Waals surface area contributed by atoms with E-state index in [4.69, 9.17) is 10.5 Å². The van der Waals surface area contributed by atoms with Crippen LogP contribution in [0.25, 0.3) is 11.1 Å². The monoisotopic (exact) mass is 450 g/mol. The number of halogens is 1. The van der Waals surface area contributed by atoms with Gasteiger partial charge < -0.3 is 20.7 Å². The van der Waals surface area contributed by atoms with Gasteiger partial charge in [-0.2, -0.15) is 0 Å². The Morgan fingerprint density at radius 3 is 2.30 bits per heavy atom. The molecule has 0 aliphatic carbocycles. The van der Waals surface area contributed by atoms with Crippen LogP contribution in [0.15, 0.2) is 60.7 Å². The van der Waals surface area contributed by atoms with Gasteiger partial charge in [0.15, 0.2) is 0 Å². The lowest BCUT2D eigenvalue weighted by Gasteiger charge is -2.12. The van der Waals surface area contributed by atoms with E-state index in [0.29, 0.717) is 40.3 Å². The first kappa shape index (κ1) is 23.7. The molecular weight excluding hydrogens is 423 g/mol. The third-order valence-corrected chi connectivity index (χ3v) is 4.97. The van der Waals surface area contributed by atoms with E-state index in [2.05, 4.69) is 10.6 Å². The van der Waals surface area contributed by atoms with Crippen LogP contribution in [0.5, 0.6) is 0 Å². The molecule has 0 saturated carbocycles. The van der Waals surface area contributed by atoms with Gasteiger partial charge in [0.2, 0.25) is 0 Å². The van der Waals surface area contributed by atoms with Crippen LogP contribution >= 0.6 is 0 Å². The third-order valence-electron chi connectivity index (χ3n) is 4.97. The van der Waals surface area contributed by atoms with E-state index in [9.17, 15) is 14.0 Å². The molecule has 0 unspecified atom stereocenters. The van der Waals surface area contributed by atoms with Gasteiger partial charge in [0.25, 0.3) is 5.91 Å². The van der Waals surface area contributed by atoms with E-state index in [-0.39, 0.29) is 18.3 Å². The molecule has 0 saturated heterocycles. The standard InChI is InChI=1S/C25H27FN4O3/c1-16-4-5-18(14-21(16)26)19-8-11-22(27)23(15-19)29-24(31)17-6-9-20(10-7-17)28-25(32)33-13-12-30(2)3/h4-11,14-15H,12-13,27H2,1-3H3,(H,28,32)(H,29,31). The summed E-state index contributed by atoms with van der Waals surface area (Å²) in [5, 5.41) is 5.40. The molecular formula is C25H27FN4O3. The van der Waals surface area contributed by atoms with E-state index < -0.39 is 6.09 Å². The van der Waals surface area contributed by atoms with E-state index in [1.807, 2.05) is 25.1 Å². The molecule has 0 atom stereocenters. The second-order valence-corrected chi connectivity index (χ2v) is 7.86. The maximum Gasteiger partial charge on any atom is 0.411 e. The minimum Gasteiger partial charge on any atom is -0.448 e. The molecule has 0 heterocycles. The Bertz CT molecular complexity index is 1150. The number of benzene rings is 3. The maximum absolute atomic E-state index is 14.0. The summed E-state index contributed by atoms with van der Waals surface area (Å²) >= 11 is 0. The van der Waals surface area contributed by atoms with E-state index in [0.717, 1.165) is 5.56 Å². The summed E-state index contributed by atoms with van der Waals surface area (Å²) in [4.78, 5) is 26.4. The van der Waals surface area contributed by atoms with Gasteiger partial charge in [0, 0.05) is 17.8 Å². The summed E-state index contributed by atoms with van der Waals surface area (Å²) in [7, 11) is 3.77. The molecule has 4 N–H and O–H groups in total. The molecule has 33 heavy (non-hydrogen) atoms. The predicted octanol–water partition coefficient (Wildman–Crippen LogP) is 4.75. The number of carbonyl (C=O) groups is 2. The van der Waals surface area contributed by atoms with Crippen molar-refractivity contribution < 1.29 is 18.7 Å². The van der Waals surface area contributed by atoms with Crippen molar-refractivity contribution in [2.75, 3.05) is 43.6 Å². The van der Waals surface area contributed by atoms with Gasteiger partial charge in [0.05, 0.1) is 11.4 Å². The van der Waals surface area contributed by atoms with Crippen LogP contribution in [-0.2, 0) is 4.74 Å².